The van der Waals surface area contributed by atoms with E-state index in [1.54, 1.807) is 6.92 Å². The number of piperidine rings is 1. The molecular formula is C15H28N3O4+. The van der Waals surface area contributed by atoms with E-state index in [1.807, 2.05) is 6.92 Å². The lowest BCUT2D eigenvalue weighted by Gasteiger charge is -2.27. The summed E-state index contributed by atoms with van der Waals surface area (Å²) in [6.07, 6.45) is 3.34. The third kappa shape index (κ3) is 6.89. The lowest BCUT2D eigenvalue weighted by molar-refractivity contribution is -0.897. The summed E-state index contributed by atoms with van der Waals surface area (Å²) in [4.78, 5) is 36.0. The monoisotopic (exact) mass is 314 g/mol. The molecule has 1 saturated heterocycles. The fourth-order valence-corrected chi connectivity index (χ4v) is 2.52. The van der Waals surface area contributed by atoms with E-state index in [-0.39, 0.29) is 24.3 Å². The van der Waals surface area contributed by atoms with Gasteiger partial charge in [0, 0.05) is 19.4 Å². The molecule has 7 nitrogen and oxygen atoms in total. The molecular weight excluding hydrogens is 286 g/mol. The third-order valence-corrected chi connectivity index (χ3v) is 3.79. The van der Waals surface area contributed by atoms with Gasteiger partial charge in [-0.05, 0) is 13.3 Å². The van der Waals surface area contributed by atoms with Crippen LogP contribution in [0.1, 0.15) is 39.5 Å². The Kier molecular flexibility index (Phi) is 8.50. The number of likely N-dealkylation sites (tertiary alicyclic amines) is 1. The number of amides is 3. The predicted octanol–water partition coefficient (Wildman–Crippen LogP) is -0.530. The number of nitrogens with one attached hydrogen (secondary N) is 3. The first kappa shape index (κ1) is 18.4. The molecule has 1 heterocycles. The fraction of sp³-hybridized carbons (Fsp3) is 0.800. The van der Waals surface area contributed by atoms with E-state index in [0.29, 0.717) is 13.2 Å². The molecule has 3 N–H and O–H groups in total. The number of hydrogen-bond acceptors (Lipinski definition) is 4. The quantitative estimate of drug-likeness (QED) is 0.435. The molecule has 0 aromatic heterocycles. The molecule has 0 spiro atoms. The van der Waals surface area contributed by atoms with Crippen LogP contribution in [0.3, 0.4) is 0 Å². The van der Waals surface area contributed by atoms with Gasteiger partial charge in [-0.1, -0.05) is 13.3 Å². The highest BCUT2D eigenvalue weighted by atomic mass is 16.5. The first-order valence-electron chi connectivity index (χ1n) is 8.14. The number of imide groups is 1. The summed E-state index contributed by atoms with van der Waals surface area (Å²) in [7, 11) is 0. The van der Waals surface area contributed by atoms with Crippen molar-refractivity contribution in [1.29, 1.82) is 0 Å². The molecule has 1 aliphatic rings. The third-order valence-electron chi connectivity index (χ3n) is 3.79. The number of unbranched alkanes of at least 4 members (excludes halogenated alkanes) is 1. The number of rotatable bonds is 7. The van der Waals surface area contributed by atoms with Crippen LogP contribution in [0.15, 0.2) is 0 Å². The van der Waals surface area contributed by atoms with E-state index < -0.39 is 6.03 Å². The highest BCUT2D eigenvalue weighted by Crippen LogP contribution is 2.11. The molecule has 22 heavy (non-hydrogen) atoms. The van der Waals surface area contributed by atoms with Crippen LogP contribution in [0.4, 0.5) is 4.79 Å². The van der Waals surface area contributed by atoms with Crippen LogP contribution in [0, 0.1) is 5.92 Å². The van der Waals surface area contributed by atoms with Gasteiger partial charge < -0.3 is 15.0 Å². The second kappa shape index (κ2) is 10.2. The Morgan fingerprint density at radius 3 is 2.45 bits per heavy atom. The molecule has 0 aromatic rings. The van der Waals surface area contributed by atoms with E-state index >= 15 is 0 Å². The van der Waals surface area contributed by atoms with Crippen LogP contribution >= 0.6 is 0 Å². The van der Waals surface area contributed by atoms with Gasteiger partial charge in [0.25, 0.3) is 5.91 Å². The first-order valence-corrected chi connectivity index (χ1v) is 8.14. The van der Waals surface area contributed by atoms with E-state index in [9.17, 15) is 14.4 Å². The van der Waals surface area contributed by atoms with Crippen LogP contribution in [0.25, 0.3) is 0 Å². The number of ether oxygens (including phenoxy) is 1. The van der Waals surface area contributed by atoms with Gasteiger partial charge in [0.05, 0.1) is 25.6 Å². The normalized spacial score (nSPS) is 21.0. The Morgan fingerprint density at radius 1 is 1.18 bits per heavy atom. The molecule has 1 fully saturated rings. The zero-order valence-corrected chi connectivity index (χ0v) is 13.6. The van der Waals surface area contributed by atoms with E-state index in [2.05, 4.69) is 10.6 Å². The Balaban J connectivity index is 2.21. The summed E-state index contributed by atoms with van der Waals surface area (Å²) < 4.78 is 5.02. The maximum absolute atomic E-state index is 11.8. The lowest BCUT2D eigenvalue weighted by Crippen LogP contribution is -3.14. The summed E-state index contributed by atoms with van der Waals surface area (Å²) >= 11 is 0. The maximum Gasteiger partial charge on any atom is 0.321 e. The summed E-state index contributed by atoms with van der Waals surface area (Å²) in [5, 5.41) is 4.99. The van der Waals surface area contributed by atoms with Crippen molar-refractivity contribution in [2.24, 2.45) is 5.92 Å². The summed E-state index contributed by atoms with van der Waals surface area (Å²) in [5.74, 6) is -0.469. The predicted molar refractivity (Wildman–Crippen MR) is 81.4 cm³/mol. The van der Waals surface area contributed by atoms with Gasteiger partial charge in [-0.25, -0.2) is 4.79 Å². The zero-order chi connectivity index (χ0) is 16.4. The highest BCUT2D eigenvalue weighted by molar-refractivity contribution is 5.94. The van der Waals surface area contributed by atoms with Gasteiger partial charge >= 0.3 is 12.0 Å². The van der Waals surface area contributed by atoms with Crippen molar-refractivity contribution >= 4 is 17.9 Å². The second-order valence-corrected chi connectivity index (χ2v) is 5.61. The van der Waals surface area contributed by atoms with E-state index in [0.717, 1.165) is 43.7 Å². The Hall–Kier alpha value is -1.63. The Labute approximate surface area is 131 Å². The van der Waals surface area contributed by atoms with Gasteiger partial charge in [-0.3, -0.25) is 14.9 Å². The van der Waals surface area contributed by atoms with Crippen LogP contribution in [0.5, 0.6) is 0 Å². The Bertz CT molecular complexity index is 379. The van der Waals surface area contributed by atoms with Crippen LogP contribution < -0.4 is 15.5 Å². The van der Waals surface area contributed by atoms with Crippen molar-refractivity contribution in [1.82, 2.24) is 10.6 Å². The number of carbonyl (C=O) groups is 3. The number of urea groups is 1. The fourth-order valence-electron chi connectivity index (χ4n) is 2.52. The average molecular weight is 314 g/mol. The molecule has 0 aromatic carbocycles. The topological polar surface area (TPSA) is 88.9 Å². The van der Waals surface area contributed by atoms with E-state index in [4.69, 9.17) is 4.74 Å². The molecule has 7 heteroatoms. The van der Waals surface area contributed by atoms with Crippen molar-refractivity contribution < 1.29 is 24.0 Å². The number of quaternary nitrogens is 1. The maximum atomic E-state index is 11.8. The van der Waals surface area contributed by atoms with Gasteiger partial charge in [-0.2, -0.15) is 0 Å². The summed E-state index contributed by atoms with van der Waals surface area (Å²) in [5.41, 5.74) is 0. The minimum absolute atomic E-state index is 0.0518. The van der Waals surface area contributed by atoms with Crippen molar-refractivity contribution in [3.05, 3.63) is 0 Å². The van der Waals surface area contributed by atoms with Gasteiger partial charge in [0.1, 0.15) is 0 Å². The minimum atomic E-state index is -0.431. The van der Waals surface area contributed by atoms with Crippen molar-refractivity contribution in [3.8, 4) is 0 Å². The summed E-state index contributed by atoms with van der Waals surface area (Å²) in [6.45, 7) is 6.57. The molecule has 0 bridgehead atoms. The van der Waals surface area contributed by atoms with Gasteiger partial charge in [0.2, 0.25) is 0 Å². The second-order valence-electron chi connectivity index (χ2n) is 5.61. The molecule has 1 aliphatic heterocycles. The minimum Gasteiger partial charge on any atom is -0.466 e. The SMILES string of the molecule is CCCCNC(=O)NC(=O)C[NH+]1CCC(C(=O)OCC)CC1. The van der Waals surface area contributed by atoms with Crippen molar-refractivity contribution in [3.63, 3.8) is 0 Å². The van der Waals surface area contributed by atoms with E-state index in [1.165, 1.54) is 0 Å². The van der Waals surface area contributed by atoms with Crippen molar-refractivity contribution in [2.75, 3.05) is 32.8 Å². The van der Waals surface area contributed by atoms with Crippen molar-refractivity contribution in [2.45, 2.75) is 39.5 Å². The highest BCUT2D eigenvalue weighted by Gasteiger charge is 2.29. The number of esters is 1. The molecule has 0 saturated carbocycles. The molecule has 3 amide bonds. The van der Waals surface area contributed by atoms with Crippen LogP contribution in [-0.2, 0) is 14.3 Å². The van der Waals surface area contributed by atoms with Crippen LogP contribution in [0.2, 0.25) is 0 Å². The zero-order valence-electron chi connectivity index (χ0n) is 13.6. The lowest BCUT2D eigenvalue weighted by atomic mass is 9.97. The average Bonchev–Trinajstić information content (AvgIpc) is 2.48. The smallest absolute Gasteiger partial charge is 0.321 e. The first-order chi connectivity index (χ1) is 10.6. The molecule has 126 valence electrons. The van der Waals surface area contributed by atoms with Gasteiger partial charge in [-0.15, -0.1) is 0 Å². The number of carbonyl (C=O) groups excluding carboxylic acids is 3. The van der Waals surface area contributed by atoms with Crippen LogP contribution in [-0.4, -0.2) is 50.7 Å². The Morgan fingerprint density at radius 2 is 1.86 bits per heavy atom. The largest absolute Gasteiger partial charge is 0.466 e. The van der Waals surface area contributed by atoms with Gasteiger partial charge in [0.15, 0.2) is 6.54 Å². The summed E-state index contributed by atoms with van der Waals surface area (Å²) in [6, 6.07) is -0.431. The molecule has 0 aliphatic carbocycles. The standard InChI is InChI=1S/C15H27N3O4/c1-3-5-8-16-15(21)17-13(19)11-18-9-6-12(7-10-18)14(20)22-4-2/h12H,3-11H2,1-2H3,(H2,16,17,19,21)/p+1. The molecule has 1 rings (SSSR count). The number of hydrogen-bond donors (Lipinski definition) is 3. The molecule has 0 unspecified atom stereocenters. The molecule has 0 radical (unpaired) electrons. The molecule has 0 atom stereocenters.